The molecule has 2 bridgehead atoms. The third kappa shape index (κ3) is 2.75. The predicted octanol–water partition coefficient (Wildman–Crippen LogP) is 4.38. The highest BCUT2D eigenvalue weighted by Gasteiger charge is 2.33. The summed E-state index contributed by atoms with van der Waals surface area (Å²) in [6, 6.07) is 20.6. The SMILES string of the molecule is c1ccc(-c2ccc(CC3CC4CCN3CC4)cc2)cc1. The van der Waals surface area contributed by atoms with Crippen LogP contribution in [0, 0.1) is 5.92 Å². The molecule has 0 saturated carbocycles. The molecule has 0 radical (unpaired) electrons. The maximum Gasteiger partial charge on any atom is 0.0138 e. The van der Waals surface area contributed by atoms with Gasteiger partial charge in [-0.15, -0.1) is 0 Å². The Hall–Kier alpha value is -1.60. The maximum absolute atomic E-state index is 2.71. The lowest BCUT2D eigenvalue weighted by Gasteiger charge is -2.45. The fourth-order valence-electron chi connectivity index (χ4n) is 4.04. The van der Waals surface area contributed by atoms with Crippen molar-refractivity contribution in [2.75, 3.05) is 13.1 Å². The van der Waals surface area contributed by atoms with Crippen LogP contribution in [0.1, 0.15) is 24.8 Å². The molecule has 0 spiro atoms. The minimum absolute atomic E-state index is 0.792. The average Bonchev–Trinajstić information content (AvgIpc) is 2.57. The third-order valence-corrected chi connectivity index (χ3v) is 5.30. The van der Waals surface area contributed by atoms with Gasteiger partial charge < -0.3 is 4.90 Å². The summed E-state index contributed by atoms with van der Waals surface area (Å²) in [5, 5.41) is 0. The summed E-state index contributed by atoms with van der Waals surface area (Å²) >= 11 is 0. The van der Waals surface area contributed by atoms with Crippen LogP contribution in [0.4, 0.5) is 0 Å². The Labute approximate surface area is 127 Å². The summed E-state index contributed by atoms with van der Waals surface area (Å²) in [4.78, 5) is 2.71. The van der Waals surface area contributed by atoms with Gasteiger partial charge in [-0.25, -0.2) is 0 Å². The molecule has 3 fully saturated rings. The fourth-order valence-corrected chi connectivity index (χ4v) is 4.04. The summed E-state index contributed by atoms with van der Waals surface area (Å²) in [6.07, 6.45) is 5.51. The Morgan fingerprint density at radius 2 is 1.48 bits per heavy atom. The lowest BCUT2D eigenvalue weighted by atomic mass is 9.81. The number of nitrogens with zero attached hydrogens (tertiary/aromatic N) is 1. The molecule has 1 atom stereocenters. The van der Waals surface area contributed by atoms with E-state index in [-0.39, 0.29) is 0 Å². The van der Waals surface area contributed by atoms with Gasteiger partial charge in [-0.05, 0) is 61.4 Å². The summed E-state index contributed by atoms with van der Waals surface area (Å²) in [5.41, 5.74) is 4.13. The van der Waals surface area contributed by atoms with E-state index < -0.39 is 0 Å². The Kier molecular flexibility index (Phi) is 3.52. The Morgan fingerprint density at radius 3 is 2.10 bits per heavy atom. The molecule has 1 unspecified atom stereocenters. The second-order valence-corrected chi connectivity index (χ2v) is 6.64. The molecule has 0 aliphatic carbocycles. The van der Waals surface area contributed by atoms with Crippen molar-refractivity contribution in [2.24, 2.45) is 5.92 Å². The molecular formula is C20H23N. The van der Waals surface area contributed by atoms with Gasteiger partial charge in [-0.2, -0.15) is 0 Å². The van der Waals surface area contributed by atoms with Crippen molar-refractivity contribution >= 4 is 0 Å². The molecule has 3 heterocycles. The van der Waals surface area contributed by atoms with E-state index in [2.05, 4.69) is 59.5 Å². The van der Waals surface area contributed by atoms with Crippen molar-refractivity contribution in [1.82, 2.24) is 4.90 Å². The quantitative estimate of drug-likeness (QED) is 0.804. The van der Waals surface area contributed by atoms with E-state index in [4.69, 9.17) is 0 Å². The van der Waals surface area contributed by atoms with Crippen molar-refractivity contribution in [1.29, 1.82) is 0 Å². The van der Waals surface area contributed by atoms with Crippen LogP contribution in [0.5, 0.6) is 0 Å². The fraction of sp³-hybridized carbons (Fsp3) is 0.400. The van der Waals surface area contributed by atoms with E-state index in [0.717, 1.165) is 12.0 Å². The summed E-state index contributed by atoms with van der Waals surface area (Å²) in [6.45, 7) is 2.66. The molecule has 108 valence electrons. The molecule has 1 nitrogen and oxygen atoms in total. The van der Waals surface area contributed by atoms with E-state index in [9.17, 15) is 0 Å². The van der Waals surface area contributed by atoms with Crippen LogP contribution in [-0.2, 0) is 6.42 Å². The topological polar surface area (TPSA) is 3.24 Å². The smallest absolute Gasteiger partial charge is 0.0138 e. The molecule has 21 heavy (non-hydrogen) atoms. The Morgan fingerprint density at radius 1 is 0.810 bits per heavy atom. The van der Waals surface area contributed by atoms with E-state index in [0.29, 0.717) is 0 Å². The highest BCUT2D eigenvalue weighted by Crippen LogP contribution is 2.33. The standard InChI is InChI=1S/C20H23N/c1-2-4-18(5-3-1)19-8-6-16(7-9-19)14-20-15-17-10-12-21(20)13-11-17/h1-9,17,20H,10-15H2. The van der Waals surface area contributed by atoms with Gasteiger partial charge in [0.25, 0.3) is 0 Å². The molecule has 0 N–H and O–H groups in total. The zero-order valence-corrected chi connectivity index (χ0v) is 12.5. The van der Waals surface area contributed by atoms with Crippen LogP contribution in [0.3, 0.4) is 0 Å². The summed E-state index contributed by atoms with van der Waals surface area (Å²) < 4.78 is 0. The molecule has 1 heteroatoms. The van der Waals surface area contributed by atoms with E-state index >= 15 is 0 Å². The first kappa shape index (κ1) is 13.1. The highest BCUT2D eigenvalue weighted by atomic mass is 15.2. The van der Waals surface area contributed by atoms with Crippen LogP contribution in [0.25, 0.3) is 11.1 Å². The van der Waals surface area contributed by atoms with Gasteiger partial charge in [0, 0.05) is 6.04 Å². The number of hydrogen-bond donors (Lipinski definition) is 0. The third-order valence-electron chi connectivity index (χ3n) is 5.30. The van der Waals surface area contributed by atoms with Crippen molar-refractivity contribution in [3.05, 3.63) is 60.2 Å². The second-order valence-electron chi connectivity index (χ2n) is 6.64. The molecule has 0 amide bonds. The van der Waals surface area contributed by atoms with Crippen LogP contribution in [-0.4, -0.2) is 24.0 Å². The second kappa shape index (κ2) is 5.65. The number of piperidine rings is 3. The van der Waals surface area contributed by atoms with Crippen molar-refractivity contribution in [3.8, 4) is 11.1 Å². The van der Waals surface area contributed by atoms with E-state index in [1.165, 1.54) is 55.5 Å². The largest absolute Gasteiger partial charge is 0.300 e. The first-order valence-corrected chi connectivity index (χ1v) is 8.27. The van der Waals surface area contributed by atoms with Gasteiger partial charge in [-0.1, -0.05) is 54.6 Å². The van der Waals surface area contributed by atoms with Crippen molar-refractivity contribution in [2.45, 2.75) is 31.7 Å². The summed E-state index contributed by atoms with van der Waals surface area (Å²) in [5.74, 6) is 1.00. The van der Waals surface area contributed by atoms with E-state index in [1.54, 1.807) is 0 Å². The van der Waals surface area contributed by atoms with Gasteiger partial charge in [0.15, 0.2) is 0 Å². The number of fused-ring (bicyclic) bond motifs is 3. The lowest BCUT2D eigenvalue weighted by Crippen LogP contribution is -2.49. The van der Waals surface area contributed by atoms with Gasteiger partial charge in [-0.3, -0.25) is 0 Å². The normalized spacial score (nSPS) is 27.7. The minimum atomic E-state index is 0.792. The van der Waals surface area contributed by atoms with Crippen molar-refractivity contribution in [3.63, 3.8) is 0 Å². The lowest BCUT2D eigenvalue weighted by molar-refractivity contribution is 0.0498. The van der Waals surface area contributed by atoms with Crippen LogP contribution >= 0.6 is 0 Å². The van der Waals surface area contributed by atoms with Crippen molar-refractivity contribution < 1.29 is 0 Å². The number of benzene rings is 2. The van der Waals surface area contributed by atoms with Gasteiger partial charge >= 0.3 is 0 Å². The van der Waals surface area contributed by atoms with Gasteiger partial charge in [0.1, 0.15) is 0 Å². The highest BCUT2D eigenvalue weighted by molar-refractivity contribution is 5.63. The first-order valence-electron chi connectivity index (χ1n) is 8.27. The molecule has 0 aromatic heterocycles. The van der Waals surface area contributed by atoms with Crippen LogP contribution in [0.15, 0.2) is 54.6 Å². The molecule has 2 aromatic rings. The van der Waals surface area contributed by atoms with Gasteiger partial charge in [0.2, 0.25) is 0 Å². The number of hydrogen-bond acceptors (Lipinski definition) is 1. The Balaban J connectivity index is 1.47. The maximum atomic E-state index is 2.71. The molecule has 5 rings (SSSR count). The minimum Gasteiger partial charge on any atom is -0.300 e. The first-order chi connectivity index (χ1) is 10.4. The molecular weight excluding hydrogens is 254 g/mol. The Bertz CT molecular complexity index is 579. The average molecular weight is 277 g/mol. The van der Waals surface area contributed by atoms with Crippen LogP contribution in [0.2, 0.25) is 0 Å². The predicted molar refractivity (Wildman–Crippen MR) is 88.3 cm³/mol. The van der Waals surface area contributed by atoms with Crippen LogP contribution < -0.4 is 0 Å². The zero-order chi connectivity index (χ0) is 14.1. The molecule has 3 aliphatic rings. The molecule has 3 aliphatic heterocycles. The summed E-state index contributed by atoms with van der Waals surface area (Å²) in [7, 11) is 0. The molecule has 2 aromatic carbocycles. The van der Waals surface area contributed by atoms with Gasteiger partial charge in [0.05, 0.1) is 0 Å². The number of rotatable bonds is 3. The molecule has 3 saturated heterocycles. The monoisotopic (exact) mass is 277 g/mol. The zero-order valence-electron chi connectivity index (χ0n) is 12.5. The van der Waals surface area contributed by atoms with E-state index in [1.807, 2.05) is 0 Å².